The van der Waals surface area contributed by atoms with Crippen LogP contribution in [-0.4, -0.2) is 50.0 Å². The van der Waals surface area contributed by atoms with Crippen molar-refractivity contribution in [3.63, 3.8) is 0 Å². The van der Waals surface area contributed by atoms with Gasteiger partial charge < -0.3 is 25.2 Å². The van der Waals surface area contributed by atoms with E-state index in [1.54, 1.807) is 7.11 Å². The van der Waals surface area contributed by atoms with Crippen molar-refractivity contribution in [3.8, 4) is 11.5 Å². The maximum atomic E-state index is 10.2. The Kier molecular flexibility index (Phi) is 6.54. The molecule has 1 saturated heterocycles. The second kappa shape index (κ2) is 8.41. The molecule has 0 aromatic heterocycles. The number of nitrogens with zero attached hydrogens (tertiary/aromatic N) is 1. The Hall–Kier alpha value is -1.46. The monoisotopic (exact) mass is 322 g/mol. The third kappa shape index (κ3) is 4.75. The molecule has 2 rings (SSSR count). The Morgan fingerprint density at radius 3 is 2.87 bits per heavy atom. The van der Waals surface area contributed by atoms with Crippen LogP contribution in [0.4, 0.5) is 5.69 Å². The Bertz CT molecular complexity index is 507. The summed E-state index contributed by atoms with van der Waals surface area (Å²) in [5.41, 5.74) is 7.86. The van der Waals surface area contributed by atoms with Crippen molar-refractivity contribution < 1.29 is 14.6 Å². The van der Waals surface area contributed by atoms with Crippen molar-refractivity contribution in [2.75, 3.05) is 39.6 Å². The number of hydrogen-bond donors (Lipinski definition) is 2. The zero-order valence-electron chi connectivity index (χ0n) is 14.5. The summed E-state index contributed by atoms with van der Waals surface area (Å²) in [5, 5.41) is 10.2. The number of nitrogen functional groups attached to an aromatic ring is 1. The molecule has 0 spiro atoms. The highest BCUT2D eigenvalue weighted by molar-refractivity contribution is 5.62. The van der Waals surface area contributed by atoms with Crippen LogP contribution in [0.1, 0.15) is 31.7 Å². The van der Waals surface area contributed by atoms with E-state index in [1.807, 2.05) is 12.1 Å². The van der Waals surface area contributed by atoms with Crippen LogP contribution < -0.4 is 15.2 Å². The van der Waals surface area contributed by atoms with Crippen molar-refractivity contribution in [2.24, 2.45) is 5.92 Å². The third-order valence-electron chi connectivity index (χ3n) is 4.50. The summed E-state index contributed by atoms with van der Waals surface area (Å²) < 4.78 is 11.2. The normalized spacial score (nSPS) is 22.1. The highest BCUT2D eigenvalue weighted by Crippen LogP contribution is 2.36. The van der Waals surface area contributed by atoms with Gasteiger partial charge in [0.25, 0.3) is 0 Å². The maximum absolute atomic E-state index is 10.2. The second-order valence-corrected chi connectivity index (χ2v) is 6.50. The molecule has 1 heterocycles. The fraction of sp³-hybridized carbons (Fsp3) is 0.667. The summed E-state index contributed by atoms with van der Waals surface area (Å²) in [6, 6.07) is 3.93. The van der Waals surface area contributed by atoms with Crippen molar-refractivity contribution in [2.45, 2.75) is 38.7 Å². The molecule has 2 atom stereocenters. The van der Waals surface area contributed by atoms with Crippen LogP contribution in [0.15, 0.2) is 12.1 Å². The van der Waals surface area contributed by atoms with Crippen molar-refractivity contribution in [1.29, 1.82) is 0 Å². The minimum atomic E-state index is -0.251. The molecule has 0 bridgehead atoms. The molecule has 2 unspecified atom stereocenters. The van der Waals surface area contributed by atoms with Crippen LogP contribution in [-0.2, 0) is 6.42 Å². The number of rotatable bonds is 7. The van der Waals surface area contributed by atoms with E-state index in [2.05, 4.69) is 18.9 Å². The summed E-state index contributed by atoms with van der Waals surface area (Å²) in [5.74, 6) is 1.53. The van der Waals surface area contributed by atoms with Gasteiger partial charge in [-0.3, -0.25) is 0 Å². The van der Waals surface area contributed by atoms with Gasteiger partial charge in [0.15, 0.2) is 11.5 Å². The van der Waals surface area contributed by atoms with E-state index in [0.29, 0.717) is 23.8 Å². The third-order valence-corrected chi connectivity index (χ3v) is 4.50. The lowest BCUT2D eigenvalue weighted by atomic mass is 9.88. The molecule has 3 N–H and O–H groups in total. The molecule has 1 aliphatic rings. The van der Waals surface area contributed by atoms with Crippen LogP contribution in [0.3, 0.4) is 0 Å². The minimum Gasteiger partial charge on any atom is -0.493 e. The number of ether oxygens (including phenoxy) is 2. The van der Waals surface area contributed by atoms with E-state index in [1.165, 1.54) is 0 Å². The van der Waals surface area contributed by atoms with E-state index in [-0.39, 0.29) is 12.0 Å². The van der Waals surface area contributed by atoms with Gasteiger partial charge in [-0.2, -0.15) is 0 Å². The summed E-state index contributed by atoms with van der Waals surface area (Å²) in [7, 11) is 3.73. The Morgan fingerprint density at radius 1 is 1.39 bits per heavy atom. The summed E-state index contributed by atoms with van der Waals surface area (Å²) in [4.78, 5) is 2.26. The summed E-state index contributed by atoms with van der Waals surface area (Å²) >= 11 is 0. The average Bonchev–Trinajstić information content (AvgIpc) is 2.52. The number of hydrogen-bond acceptors (Lipinski definition) is 5. The van der Waals surface area contributed by atoms with Crippen molar-refractivity contribution in [3.05, 3.63) is 17.7 Å². The summed E-state index contributed by atoms with van der Waals surface area (Å²) in [6.07, 6.45) is 3.44. The average molecular weight is 322 g/mol. The van der Waals surface area contributed by atoms with Crippen LogP contribution in [0.25, 0.3) is 0 Å². The molecule has 130 valence electrons. The van der Waals surface area contributed by atoms with Crippen molar-refractivity contribution in [1.82, 2.24) is 4.90 Å². The lowest BCUT2D eigenvalue weighted by molar-refractivity contribution is 0.0366. The molecule has 23 heavy (non-hydrogen) atoms. The van der Waals surface area contributed by atoms with Gasteiger partial charge in [0.1, 0.15) is 0 Å². The number of likely N-dealkylation sites (tertiary alicyclic amines) is 1. The number of anilines is 1. The first-order valence-corrected chi connectivity index (χ1v) is 8.51. The maximum Gasteiger partial charge on any atom is 0.184 e. The highest BCUT2D eigenvalue weighted by Gasteiger charge is 2.26. The number of methoxy groups -OCH3 is 1. The standard InChI is InChI=1S/C18H30N2O3/c1-4-5-8-23-18-15(19)10-13(11-17(18)22-3)9-14-12-20(2)7-6-16(14)21/h10-11,14,16,21H,4-9,12,19H2,1-3H3. The fourth-order valence-corrected chi connectivity index (χ4v) is 3.13. The Morgan fingerprint density at radius 2 is 2.17 bits per heavy atom. The lowest BCUT2D eigenvalue weighted by Crippen LogP contribution is -2.41. The summed E-state index contributed by atoms with van der Waals surface area (Å²) in [6.45, 7) is 4.62. The molecule has 0 radical (unpaired) electrons. The van der Waals surface area contributed by atoms with Gasteiger partial charge in [0, 0.05) is 19.0 Å². The molecule has 1 aromatic carbocycles. The lowest BCUT2D eigenvalue weighted by Gasteiger charge is -2.34. The van der Waals surface area contributed by atoms with Gasteiger partial charge in [-0.05, 0) is 44.0 Å². The molecule has 5 nitrogen and oxygen atoms in total. The number of aliphatic hydroxyl groups is 1. The second-order valence-electron chi connectivity index (χ2n) is 6.50. The van der Waals surface area contributed by atoms with Gasteiger partial charge in [-0.25, -0.2) is 0 Å². The van der Waals surface area contributed by atoms with Crippen LogP contribution in [0.5, 0.6) is 11.5 Å². The van der Waals surface area contributed by atoms with Crippen LogP contribution in [0, 0.1) is 5.92 Å². The zero-order valence-corrected chi connectivity index (χ0v) is 14.5. The van der Waals surface area contributed by atoms with Crippen LogP contribution in [0.2, 0.25) is 0 Å². The quantitative estimate of drug-likeness (QED) is 0.595. The predicted molar refractivity (Wildman–Crippen MR) is 93.1 cm³/mol. The molecule has 1 aliphatic heterocycles. The highest BCUT2D eigenvalue weighted by atomic mass is 16.5. The van der Waals surface area contributed by atoms with Gasteiger partial charge in [-0.15, -0.1) is 0 Å². The molecular formula is C18H30N2O3. The molecule has 1 aromatic rings. The Labute approximate surface area is 139 Å². The predicted octanol–water partition coefficient (Wildman–Crippen LogP) is 2.31. The van der Waals surface area contributed by atoms with E-state index in [4.69, 9.17) is 15.2 Å². The number of nitrogens with two attached hydrogens (primary N) is 1. The largest absolute Gasteiger partial charge is 0.493 e. The first-order valence-electron chi connectivity index (χ1n) is 8.51. The molecule has 5 heteroatoms. The van der Waals surface area contributed by atoms with Gasteiger partial charge in [0.05, 0.1) is 25.5 Å². The number of aliphatic hydroxyl groups excluding tert-OH is 1. The van der Waals surface area contributed by atoms with Gasteiger partial charge >= 0.3 is 0 Å². The first-order chi connectivity index (χ1) is 11.0. The van der Waals surface area contributed by atoms with E-state index in [0.717, 1.165) is 44.3 Å². The molecule has 0 amide bonds. The molecule has 0 saturated carbocycles. The molecule has 1 fully saturated rings. The SMILES string of the molecule is CCCCOc1c(N)cc(CC2CN(C)CCC2O)cc1OC. The number of piperidine rings is 1. The topological polar surface area (TPSA) is 68.0 Å². The van der Waals surface area contributed by atoms with E-state index in [9.17, 15) is 5.11 Å². The first kappa shape index (κ1) is 17.9. The van der Waals surface area contributed by atoms with Crippen LogP contribution >= 0.6 is 0 Å². The fourth-order valence-electron chi connectivity index (χ4n) is 3.13. The van der Waals surface area contributed by atoms with E-state index < -0.39 is 0 Å². The van der Waals surface area contributed by atoms with Gasteiger partial charge in [0.2, 0.25) is 0 Å². The smallest absolute Gasteiger partial charge is 0.184 e. The van der Waals surface area contributed by atoms with E-state index >= 15 is 0 Å². The van der Waals surface area contributed by atoms with Crippen molar-refractivity contribution >= 4 is 5.69 Å². The molecular weight excluding hydrogens is 292 g/mol. The number of benzene rings is 1. The minimum absolute atomic E-state index is 0.227. The van der Waals surface area contributed by atoms with Gasteiger partial charge in [-0.1, -0.05) is 13.3 Å². The molecule has 0 aliphatic carbocycles. The number of unbranched alkanes of at least 4 members (excludes halogenated alkanes) is 1. The zero-order chi connectivity index (χ0) is 16.8. The Balaban J connectivity index is 2.12.